The van der Waals surface area contributed by atoms with Crippen LogP contribution in [0.3, 0.4) is 0 Å². The predicted molar refractivity (Wildman–Crippen MR) is 98.2 cm³/mol. The highest BCUT2D eigenvalue weighted by Crippen LogP contribution is 2.19. The highest BCUT2D eigenvalue weighted by Gasteiger charge is 2.34. The molecule has 1 aliphatic rings. The van der Waals surface area contributed by atoms with Gasteiger partial charge in [0.15, 0.2) is 0 Å². The first kappa shape index (κ1) is 17.9. The van der Waals surface area contributed by atoms with Crippen molar-refractivity contribution < 1.29 is 14.0 Å². The van der Waals surface area contributed by atoms with Crippen molar-refractivity contribution in [2.24, 2.45) is 0 Å². The maximum atomic E-state index is 12.9. The van der Waals surface area contributed by atoms with E-state index in [0.29, 0.717) is 25.2 Å². The molecule has 1 aliphatic heterocycles. The second-order valence-corrected chi connectivity index (χ2v) is 6.49. The maximum Gasteiger partial charge on any atom is 0.322 e. The van der Waals surface area contributed by atoms with Gasteiger partial charge in [-0.1, -0.05) is 29.8 Å². The Labute approximate surface area is 152 Å². The average Bonchev–Trinajstić information content (AvgIpc) is 3.13. The number of rotatable bonds is 4. The number of nitrogens with zero attached hydrogens (tertiary/aromatic N) is 1. The third kappa shape index (κ3) is 4.39. The molecule has 1 heterocycles. The molecule has 0 unspecified atom stereocenters. The number of amides is 3. The average molecular weight is 355 g/mol. The molecule has 2 N–H and O–H groups in total. The largest absolute Gasteiger partial charge is 0.350 e. The molecule has 2 aromatic rings. The summed E-state index contributed by atoms with van der Waals surface area (Å²) < 4.78 is 12.9. The zero-order chi connectivity index (χ0) is 18.5. The third-order valence-corrected chi connectivity index (χ3v) is 4.50. The molecule has 136 valence electrons. The molecule has 2 aromatic carbocycles. The van der Waals surface area contributed by atoms with Crippen molar-refractivity contribution in [1.29, 1.82) is 0 Å². The van der Waals surface area contributed by atoms with Crippen LogP contribution in [0.15, 0.2) is 48.5 Å². The van der Waals surface area contributed by atoms with Crippen molar-refractivity contribution in [3.05, 3.63) is 65.5 Å². The number of anilines is 1. The van der Waals surface area contributed by atoms with Crippen LogP contribution in [0.5, 0.6) is 0 Å². The number of benzene rings is 2. The second-order valence-electron chi connectivity index (χ2n) is 6.49. The summed E-state index contributed by atoms with van der Waals surface area (Å²) in [5, 5.41) is 5.67. The van der Waals surface area contributed by atoms with Crippen molar-refractivity contribution >= 4 is 17.6 Å². The number of aryl methyl sites for hydroxylation is 1. The Morgan fingerprint density at radius 1 is 1.12 bits per heavy atom. The molecular weight excluding hydrogens is 333 g/mol. The van der Waals surface area contributed by atoms with E-state index in [4.69, 9.17) is 0 Å². The van der Waals surface area contributed by atoms with Crippen LogP contribution >= 0.6 is 0 Å². The smallest absolute Gasteiger partial charge is 0.322 e. The highest BCUT2D eigenvalue weighted by molar-refractivity contribution is 5.94. The first-order chi connectivity index (χ1) is 12.5. The molecule has 0 bridgehead atoms. The fourth-order valence-corrected chi connectivity index (χ4v) is 3.02. The number of nitrogens with one attached hydrogen (secondary N) is 2. The quantitative estimate of drug-likeness (QED) is 0.882. The molecule has 0 aromatic heterocycles. The van der Waals surface area contributed by atoms with Crippen LogP contribution in [0.2, 0.25) is 0 Å². The van der Waals surface area contributed by atoms with E-state index in [1.807, 2.05) is 31.2 Å². The summed E-state index contributed by atoms with van der Waals surface area (Å²) in [6.07, 6.45) is 1.42. The van der Waals surface area contributed by atoms with Crippen molar-refractivity contribution in [2.45, 2.75) is 32.4 Å². The molecule has 1 saturated heterocycles. The lowest BCUT2D eigenvalue weighted by atomic mass is 10.2. The lowest BCUT2D eigenvalue weighted by molar-refractivity contribution is -0.124. The van der Waals surface area contributed by atoms with Crippen LogP contribution in [0.4, 0.5) is 14.9 Å². The van der Waals surface area contributed by atoms with E-state index >= 15 is 0 Å². The molecule has 3 rings (SSSR count). The summed E-state index contributed by atoms with van der Waals surface area (Å²) in [5.41, 5.74) is 2.63. The van der Waals surface area contributed by atoms with Gasteiger partial charge in [0.25, 0.3) is 0 Å². The summed E-state index contributed by atoms with van der Waals surface area (Å²) in [5.74, 6) is -0.499. The number of hydrogen-bond donors (Lipinski definition) is 2. The molecule has 0 aliphatic carbocycles. The minimum Gasteiger partial charge on any atom is -0.350 e. The molecule has 6 heteroatoms. The van der Waals surface area contributed by atoms with E-state index in [9.17, 15) is 14.0 Å². The van der Waals surface area contributed by atoms with Crippen molar-refractivity contribution in [2.75, 3.05) is 11.9 Å². The van der Waals surface area contributed by atoms with E-state index in [0.717, 1.165) is 17.5 Å². The monoisotopic (exact) mass is 355 g/mol. The summed E-state index contributed by atoms with van der Waals surface area (Å²) in [6.45, 7) is 2.84. The normalized spacial score (nSPS) is 16.4. The standard InChI is InChI=1S/C20H22FN3O2/c1-14-4-10-17(11-5-14)23-20(26)24-12-2-3-18(24)19(25)22-13-15-6-8-16(21)9-7-15/h4-11,18H,2-3,12-13H2,1H3,(H,22,25)(H,23,26)/t18-/m1/s1. The summed E-state index contributed by atoms with van der Waals surface area (Å²) in [6, 6.07) is 12.8. The first-order valence-corrected chi connectivity index (χ1v) is 8.69. The predicted octanol–water partition coefficient (Wildman–Crippen LogP) is 3.45. The zero-order valence-electron chi connectivity index (χ0n) is 14.7. The molecule has 1 atom stereocenters. The van der Waals surface area contributed by atoms with E-state index in [1.165, 1.54) is 12.1 Å². The van der Waals surface area contributed by atoms with E-state index < -0.39 is 6.04 Å². The van der Waals surface area contributed by atoms with Gasteiger partial charge in [-0.2, -0.15) is 0 Å². The molecule has 1 fully saturated rings. The SMILES string of the molecule is Cc1ccc(NC(=O)N2CCC[C@@H]2C(=O)NCc2ccc(F)cc2)cc1. The lowest BCUT2D eigenvalue weighted by Crippen LogP contribution is -2.47. The number of likely N-dealkylation sites (tertiary alicyclic amines) is 1. The van der Waals surface area contributed by atoms with Crippen LogP contribution in [-0.2, 0) is 11.3 Å². The van der Waals surface area contributed by atoms with E-state index in [2.05, 4.69) is 10.6 Å². The van der Waals surface area contributed by atoms with Crippen LogP contribution in [0.25, 0.3) is 0 Å². The summed E-state index contributed by atoms with van der Waals surface area (Å²) in [4.78, 5) is 26.6. The number of urea groups is 1. The molecular formula is C20H22FN3O2. The summed E-state index contributed by atoms with van der Waals surface area (Å²) in [7, 11) is 0. The topological polar surface area (TPSA) is 61.4 Å². The van der Waals surface area contributed by atoms with Gasteiger partial charge in [0.2, 0.25) is 5.91 Å². The van der Waals surface area contributed by atoms with Gasteiger partial charge in [0.1, 0.15) is 11.9 Å². The zero-order valence-corrected chi connectivity index (χ0v) is 14.7. The highest BCUT2D eigenvalue weighted by atomic mass is 19.1. The fraction of sp³-hybridized carbons (Fsp3) is 0.300. The minimum atomic E-state index is -0.485. The van der Waals surface area contributed by atoms with Gasteiger partial charge in [-0.15, -0.1) is 0 Å². The van der Waals surface area contributed by atoms with Crippen LogP contribution < -0.4 is 10.6 Å². The molecule has 0 radical (unpaired) electrons. The van der Waals surface area contributed by atoms with E-state index in [-0.39, 0.29) is 17.8 Å². The Kier molecular flexibility index (Phi) is 5.51. The Morgan fingerprint density at radius 3 is 2.50 bits per heavy atom. The number of carbonyl (C=O) groups is 2. The van der Waals surface area contributed by atoms with E-state index in [1.54, 1.807) is 17.0 Å². The van der Waals surface area contributed by atoms with Gasteiger partial charge in [-0.3, -0.25) is 4.79 Å². The molecule has 0 spiro atoms. The van der Waals surface area contributed by atoms with Gasteiger partial charge in [-0.05, 0) is 49.6 Å². The lowest BCUT2D eigenvalue weighted by Gasteiger charge is -2.24. The van der Waals surface area contributed by atoms with Crippen molar-refractivity contribution in [1.82, 2.24) is 10.2 Å². The second kappa shape index (κ2) is 7.99. The number of halogens is 1. The van der Waals surface area contributed by atoms with Gasteiger partial charge in [-0.25, -0.2) is 9.18 Å². The van der Waals surface area contributed by atoms with Crippen molar-refractivity contribution in [3.8, 4) is 0 Å². The molecule has 3 amide bonds. The van der Waals surface area contributed by atoms with Gasteiger partial charge in [0.05, 0.1) is 0 Å². The number of carbonyl (C=O) groups excluding carboxylic acids is 2. The Bertz CT molecular complexity index is 775. The number of hydrogen-bond acceptors (Lipinski definition) is 2. The Balaban J connectivity index is 1.57. The minimum absolute atomic E-state index is 0.189. The maximum absolute atomic E-state index is 12.9. The van der Waals surface area contributed by atoms with Crippen molar-refractivity contribution in [3.63, 3.8) is 0 Å². The van der Waals surface area contributed by atoms with Crippen LogP contribution in [0, 0.1) is 12.7 Å². The Hall–Kier alpha value is -2.89. The van der Waals surface area contributed by atoms with Gasteiger partial charge < -0.3 is 15.5 Å². The third-order valence-electron chi connectivity index (χ3n) is 4.50. The molecule has 0 saturated carbocycles. The fourth-order valence-electron chi connectivity index (χ4n) is 3.02. The molecule has 5 nitrogen and oxygen atoms in total. The first-order valence-electron chi connectivity index (χ1n) is 8.69. The summed E-state index contributed by atoms with van der Waals surface area (Å²) >= 11 is 0. The van der Waals surface area contributed by atoms with Crippen LogP contribution in [-0.4, -0.2) is 29.4 Å². The Morgan fingerprint density at radius 2 is 1.81 bits per heavy atom. The van der Waals surface area contributed by atoms with Gasteiger partial charge >= 0.3 is 6.03 Å². The molecule has 26 heavy (non-hydrogen) atoms. The van der Waals surface area contributed by atoms with Gasteiger partial charge in [0, 0.05) is 18.8 Å². The van der Waals surface area contributed by atoms with Crippen LogP contribution in [0.1, 0.15) is 24.0 Å².